The monoisotopic (exact) mass is 296 g/mol. The van der Waals surface area contributed by atoms with Crippen molar-refractivity contribution in [3.63, 3.8) is 0 Å². The average Bonchev–Trinajstić information content (AvgIpc) is 2.47. The first kappa shape index (κ1) is 15.4. The third-order valence-corrected chi connectivity index (χ3v) is 5.46. The van der Waals surface area contributed by atoms with Crippen LogP contribution < -0.4 is 4.74 Å². The number of hydrogen-bond acceptors (Lipinski definition) is 1. The van der Waals surface area contributed by atoms with Crippen LogP contribution in [-0.2, 0) is 11.8 Å². The summed E-state index contributed by atoms with van der Waals surface area (Å²) in [6.45, 7) is 11.5. The number of fused-ring (bicyclic) bond motifs is 2. The van der Waals surface area contributed by atoms with E-state index in [1.165, 1.54) is 41.2 Å². The van der Waals surface area contributed by atoms with Crippen LogP contribution in [0.5, 0.6) is 5.75 Å². The summed E-state index contributed by atoms with van der Waals surface area (Å²) in [4.78, 5) is 0. The topological polar surface area (TPSA) is 9.23 Å². The number of aryl methyl sites for hydroxylation is 1. The number of hydrogen-bond donors (Lipinski definition) is 0. The molecule has 0 N–H and O–H groups in total. The maximum absolute atomic E-state index is 5.65. The zero-order chi connectivity index (χ0) is 16.1. The lowest BCUT2D eigenvalue weighted by atomic mass is 9.70. The summed E-state index contributed by atoms with van der Waals surface area (Å²) in [5.74, 6) is 1.50. The molecule has 1 aliphatic carbocycles. The third-order valence-electron chi connectivity index (χ3n) is 5.46. The Balaban J connectivity index is 2.34. The van der Waals surface area contributed by atoms with Crippen LogP contribution in [-0.4, -0.2) is 7.11 Å². The maximum atomic E-state index is 5.65. The molecule has 0 fully saturated rings. The largest absolute Gasteiger partial charge is 0.496 e. The summed E-state index contributed by atoms with van der Waals surface area (Å²) in [5.41, 5.74) is 6.19. The molecule has 0 saturated carbocycles. The van der Waals surface area contributed by atoms with Crippen LogP contribution in [0.1, 0.15) is 68.7 Å². The Labute approximate surface area is 134 Å². The molecule has 3 rings (SSSR count). The van der Waals surface area contributed by atoms with Crippen LogP contribution in [0, 0.1) is 6.92 Å². The van der Waals surface area contributed by atoms with Gasteiger partial charge in [-0.25, -0.2) is 0 Å². The summed E-state index contributed by atoms with van der Waals surface area (Å²) < 4.78 is 5.65. The van der Waals surface area contributed by atoms with Crippen molar-refractivity contribution in [2.75, 3.05) is 7.11 Å². The molecule has 0 aliphatic heterocycles. The van der Waals surface area contributed by atoms with E-state index in [0.29, 0.717) is 11.3 Å². The van der Waals surface area contributed by atoms with E-state index in [9.17, 15) is 0 Å². The molecular weight excluding hydrogens is 268 g/mol. The van der Waals surface area contributed by atoms with Gasteiger partial charge in [0.1, 0.15) is 5.75 Å². The van der Waals surface area contributed by atoms with Gasteiger partial charge in [0.05, 0.1) is 7.11 Å². The summed E-state index contributed by atoms with van der Waals surface area (Å²) in [7, 11) is 1.78. The maximum Gasteiger partial charge on any atom is 0.122 e. The Morgan fingerprint density at radius 3 is 2.50 bits per heavy atom. The van der Waals surface area contributed by atoms with Gasteiger partial charge in [-0.2, -0.15) is 0 Å². The predicted molar refractivity (Wildman–Crippen MR) is 95.3 cm³/mol. The highest BCUT2D eigenvalue weighted by Crippen LogP contribution is 2.42. The summed E-state index contributed by atoms with van der Waals surface area (Å²) in [6.07, 6.45) is 3.81. The van der Waals surface area contributed by atoms with Gasteiger partial charge in [0.2, 0.25) is 0 Å². The molecule has 0 aromatic heterocycles. The predicted octanol–water partition coefficient (Wildman–Crippen LogP) is 5.89. The van der Waals surface area contributed by atoms with Crippen LogP contribution in [0.25, 0.3) is 10.8 Å². The van der Waals surface area contributed by atoms with E-state index in [1.54, 1.807) is 18.2 Å². The minimum atomic E-state index is 0.296. The first-order chi connectivity index (χ1) is 10.3. The first-order valence-electron chi connectivity index (χ1n) is 8.49. The molecule has 1 heteroatoms. The standard InChI is InChI=1S/C21H28O/c1-13(2)17-10-15-11-19-16(8-7-9-21(19,4)5)14(3)18(15)12-20(17)22-6/h10-13H,7-9H2,1-6H3. The molecule has 1 nitrogen and oxygen atoms in total. The van der Waals surface area contributed by atoms with Crippen molar-refractivity contribution in [2.45, 2.75) is 65.2 Å². The molecule has 0 spiro atoms. The van der Waals surface area contributed by atoms with E-state index in [0.717, 1.165) is 5.75 Å². The lowest BCUT2D eigenvalue weighted by Crippen LogP contribution is -2.24. The van der Waals surface area contributed by atoms with Gasteiger partial charge in [-0.3, -0.25) is 0 Å². The summed E-state index contributed by atoms with van der Waals surface area (Å²) in [6, 6.07) is 7.04. The quantitative estimate of drug-likeness (QED) is 0.671. The SMILES string of the molecule is COc1cc2c(C)c3c(cc2cc1C(C)C)C(C)(C)CCC3. The van der Waals surface area contributed by atoms with E-state index in [2.05, 4.69) is 52.8 Å². The number of methoxy groups -OCH3 is 1. The molecule has 22 heavy (non-hydrogen) atoms. The lowest BCUT2D eigenvalue weighted by Gasteiger charge is -2.34. The molecule has 0 bridgehead atoms. The molecule has 0 saturated heterocycles. The average molecular weight is 296 g/mol. The van der Waals surface area contributed by atoms with Gasteiger partial charge in [0.15, 0.2) is 0 Å². The van der Waals surface area contributed by atoms with Crippen molar-refractivity contribution < 1.29 is 4.74 Å². The normalized spacial score (nSPS) is 16.9. The lowest BCUT2D eigenvalue weighted by molar-refractivity contribution is 0.408. The van der Waals surface area contributed by atoms with Crippen LogP contribution in [0.2, 0.25) is 0 Å². The highest BCUT2D eigenvalue weighted by Gasteiger charge is 2.29. The molecule has 0 radical (unpaired) electrons. The number of benzene rings is 2. The Morgan fingerprint density at radius 2 is 1.86 bits per heavy atom. The molecule has 2 aromatic rings. The van der Waals surface area contributed by atoms with Crippen molar-refractivity contribution >= 4 is 10.8 Å². The Hall–Kier alpha value is -1.50. The van der Waals surface area contributed by atoms with Gasteiger partial charge >= 0.3 is 0 Å². The minimum Gasteiger partial charge on any atom is -0.496 e. The fraction of sp³-hybridized carbons (Fsp3) is 0.524. The molecule has 1 aliphatic rings. The van der Waals surface area contributed by atoms with E-state index in [4.69, 9.17) is 4.74 Å². The minimum absolute atomic E-state index is 0.296. The number of rotatable bonds is 2. The van der Waals surface area contributed by atoms with Gasteiger partial charge in [-0.05, 0) is 82.7 Å². The van der Waals surface area contributed by atoms with E-state index in [-0.39, 0.29) is 0 Å². The first-order valence-corrected chi connectivity index (χ1v) is 8.49. The van der Waals surface area contributed by atoms with Crippen molar-refractivity contribution in [1.82, 2.24) is 0 Å². The molecule has 0 unspecified atom stereocenters. The van der Waals surface area contributed by atoms with Crippen LogP contribution in [0.15, 0.2) is 18.2 Å². The zero-order valence-corrected chi connectivity index (χ0v) is 14.8. The van der Waals surface area contributed by atoms with Gasteiger partial charge in [-0.15, -0.1) is 0 Å². The van der Waals surface area contributed by atoms with E-state index in [1.807, 2.05) is 0 Å². The van der Waals surface area contributed by atoms with Gasteiger partial charge in [0, 0.05) is 0 Å². The van der Waals surface area contributed by atoms with Gasteiger partial charge < -0.3 is 4.74 Å². The molecule has 0 atom stereocenters. The zero-order valence-electron chi connectivity index (χ0n) is 14.8. The highest BCUT2D eigenvalue weighted by molar-refractivity contribution is 5.90. The fourth-order valence-corrected chi connectivity index (χ4v) is 4.06. The van der Waals surface area contributed by atoms with E-state index < -0.39 is 0 Å². The summed E-state index contributed by atoms with van der Waals surface area (Å²) >= 11 is 0. The fourth-order valence-electron chi connectivity index (χ4n) is 4.06. The molecule has 0 heterocycles. The van der Waals surface area contributed by atoms with Gasteiger partial charge in [0.25, 0.3) is 0 Å². The second-order valence-corrected chi connectivity index (χ2v) is 7.74. The van der Waals surface area contributed by atoms with Gasteiger partial charge in [-0.1, -0.05) is 33.8 Å². The third kappa shape index (κ3) is 2.31. The van der Waals surface area contributed by atoms with Crippen molar-refractivity contribution in [3.8, 4) is 5.75 Å². The van der Waals surface area contributed by atoms with E-state index >= 15 is 0 Å². The Kier molecular flexibility index (Phi) is 3.71. The Morgan fingerprint density at radius 1 is 1.14 bits per heavy atom. The molecular formula is C21H28O. The molecule has 118 valence electrons. The summed E-state index contributed by atoms with van der Waals surface area (Å²) in [5, 5.41) is 2.73. The molecule has 0 amide bonds. The number of ether oxygens (including phenoxy) is 1. The van der Waals surface area contributed by atoms with Crippen LogP contribution >= 0.6 is 0 Å². The highest BCUT2D eigenvalue weighted by atomic mass is 16.5. The van der Waals surface area contributed by atoms with Crippen LogP contribution in [0.3, 0.4) is 0 Å². The van der Waals surface area contributed by atoms with Crippen LogP contribution in [0.4, 0.5) is 0 Å². The second-order valence-electron chi connectivity index (χ2n) is 7.74. The second kappa shape index (κ2) is 5.30. The van der Waals surface area contributed by atoms with Crippen molar-refractivity contribution in [2.24, 2.45) is 0 Å². The van der Waals surface area contributed by atoms with Crippen molar-refractivity contribution in [3.05, 3.63) is 40.5 Å². The Bertz CT molecular complexity index is 722. The smallest absolute Gasteiger partial charge is 0.122 e. The molecule has 2 aromatic carbocycles. The van der Waals surface area contributed by atoms with Crippen molar-refractivity contribution in [1.29, 1.82) is 0 Å².